The summed E-state index contributed by atoms with van der Waals surface area (Å²) in [4.78, 5) is 38.7. The van der Waals surface area contributed by atoms with E-state index in [9.17, 15) is 32.7 Å². The third-order valence-corrected chi connectivity index (χ3v) is 4.54. The van der Waals surface area contributed by atoms with E-state index in [0.717, 1.165) is 12.3 Å². The van der Waals surface area contributed by atoms with Crippen LogP contribution in [0.1, 0.15) is 15.9 Å². The minimum Gasteiger partial charge on any atom is -0.502 e. The van der Waals surface area contributed by atoms with Crippen LogP contribution >= 0.6 is 0 Å². The van der Waals surface area contributed by atoms with Crippen LogP contribution in [0, 0.1) is 11.6 Å². The summed E-state index contributed by atoms with van der Waals surface area (Å²) in [5, 5.41) is 12.6. The van der Waals surface area contributed by atoms with Gasteiger partial charge >= 0.3 is 0 Å². The minimum absolute atomic E-state index is 0.0303. The standard InChI is InChI=1S/C18H14F2N4O4.CH3F/c19-11-4-3-10(13(20)7-11)8-21-17(27)12-9-23-14(16(26)15(12)25)18(28)22-5-1-2-6-24(22)23;1-2/h1-4,7,9,26H,5-6,8H2,(H,21,27);1H3. The summed E-state index contributed by atoms with van der Waals surface area (Å²) in [5.74, 6) is -3.29. The van der Waals surface area contributed by atoms with E-state index >= 15 is 0 Å². The van der Waals surface area contributed by atoms with Crippen molar-refractivity contribution in [3.8, 4) is 5.75 Å². The molecule has 158 valence electrons. The molecule has 0 fully saturated rings. The molecule has 0 radical (unpaired) electrons. The molecule has 2 N–H and O–H groups in total. The van der Waals surface area contributed by atoms with E-state index < -0.39 is 39.8 Å². The molecule has 1 amide bonds. The molecular weight excluding hydrogens is 405 g/mol. The first-order valence-electron chi connectivity index (χ1n) is 8.71. The molecule has 3 aromatic rings. The summed E-state index contributed by atoms with van der Waals surface area (Å²) in [7, 11) is 0.500. The lowest BCUT2D eigenvalue weighted by atomic mass is 10.2. The molecule has 30 heavy (non-hydrogen) atoms. The van der Waals surface area contributed by atoms with Crippen LogP contribution < -0.4 is 16.3 Å². The number of aromatic nitrogens is 3. The van der Waals surface area contributed by atoms with Crippen LogP contribution in [0.2, 0.25) is 0 Å². The van der Waals surface area contributed by atoms with Crippen LogP contribution in [0.15, 0.2) is 46.1 Å². The number of nitrogens with zero attached hydrogens (tertiary/aromatic N) is 3. The number of fused-ring (bicyclic) bond motifs is 3. The number of pyridine rings is 1. The van der Waals surface area contributed by atoms with Gasteiger partial charge in [-0.3, -0.25) is 18.8 Å². The molecule has 0 saturated carbocycles. The fourth-order valence-corrected chi connectivity index (χ4v) is 3.12. The topological polar surface area (TPSA) is 97.7 Å². The number of rotatable bonds is 3. The molecule has 2 aromatic heterocycles. The second-order valence-corrected chi connectivity index (χ2v) is 6.25. The van der Waals surface area contributed by atoms with Crippen LogP contribution in [0.4, 0.5) is 13.2 Å². The SMILES string of the molecule is CF.O=C(NCc1ccc(F)cc1F)c1cn2c(c(O)c1=O)c(=O)n1n2CC=CC1. The number of hydrogen-bond acceptors (Lipinski definition) is 4. The van der Waals surface area contributed by atoms with Crippen molar-refractivity contribution in [1.29, 1.82) is 0 Å². The third-order valence-electron chi connectivity index (χ3n) is 4.54. The van der Waals surface area contributed by atoms with Gasteiger partial charge in [-0.1, -0.05) is 18.2 Å². The zero-order valence-electron chi connectivity index (χ0n) is 15.7. The fourth-order valence-electron chi connectivity index (χ4n) is 3.12. The Labute approximate surface area is 167 Å². The van der Waals surface area contributed by atoms with Crippen molar-refractivity contribution in [3.63, 3.8) is 0 Å². The van der Waals surface area contributed by atoms with Gasteiger partial charge in [0.15, 0.2) is 11.3 Å². The monoisotopic (exact) mass is 422 g/mol. The number of benzene rings is 1. The van der Waals surface area contributed by atoms with Gasteiger partial charge < -0.3 is 10.4 Å². The summed E-state index contributed by atoms with van der Waals surface area (Å²) in [6, 6.07) is 2.90. The van der Waals surface area contributed by atoms with E-state index in [2.05, 4.69) is 5.32 Å². The van der Waals surface area contributed by atoms with E-state index in [0.29, 0.717) is 19.8 Å². The van der Waals surface area contributed by atoms with Crippen LogP contribution in [-0.2, 0) is 19.6 Å². The minimum atomic E-state index is -1.01. The largest absolute Gasteiger partial charge is 0.502 e. The van der Waals surface area contributed by atoms with Crippen molar-refractivity contribution in [2.75, 3.05) is 7.18 Å². The van der Waals surface area contributed by atoms with Crippen molar-refractivity contribution in [2.24, 2.45) is 0 Å². The van der Waals surface area contributed by atoms with Gasteiger partial charge in [-0.05, 0) is 6.07 Å². The number of alkyl halides is 1. The quantitative estimate of drug-likeness (QED) is 0.623. The van der Waals surface area contributed by atoms with Crippen molar-refractivity contribution in [3.05, 3.63) is 79.9 Å². The molecule has 4 rings (SSSR count). The maximum atomic E-state index is 13.7. The number of nitrogens with one attached hydrogen (secondary N) is 1. The lowest BCUT2D eigenvalue weighted by Gasteiger charge is -2.13. The van der Waals surface area contributed by atoms with Crippen LogP contribution in [0.3, 0.4) is 0 Å². The van der Waals surface area contributed by atoms with E-state index in [-0.39, 0.29) is 24.2 Å². The second-order valence-electron chi connectivity index (χ2n) is 6.25. The molecule has 11 heteroatoms. The van der Waals surface area contributed by atoms with Crippen molar-refractivity contribution < 1.29 is 23.1 Å². The number of allylic oxidation sites excluding steroid dienone is 2. The Bertz CT molecular complexity index is 1270. The van der Waals surface area contributed by atoms with Crippen LogP contribution in [0.5, 0.6) is 5.75 Å². The van der Waals surface area contributed by atoms with Gasteiger partial charge in [0.25, 0.3) is 11.5 Å². The predicted octanol–water partition coefficient (Wildman–Crippen LogP) is 1.33. The highest BCUT2D eigenvalue weighted by atomic mass is 19.1. The molecule has 0 aliphatic carbocycles. The van der Waals surface area contributed by atoms with Gasteiger partial charge in [0.1, 0.15) is 17.2 Å². The van der Waals surface area contributed by atoms with Gasteiger partial charge in [0.2, 0.25) is 5.43 Å². The lowest BCUT2D eigenvalue weighted by Crippen LogP contribution is -2.29. The maximum Gasteiger partial charge on any atom is 0.296 e. The molecule has 0 unspecified atom stereocenters. The highest BCUT2D eigenvalue weighted by Gasteiger charge is 2.23. The molecule has 8 nitrogen and oxygen atoms in total. The summed E-state index contributed by atoms with van der Waals surface area (Å²) in [6.07, 6.45) is 4.72. The highest BCUT2D eigenvalue weighted by molar-refractivity contribution is 5.94. The summed E-state index contributed by atoms with van der Waals surface area (Å²) in [5.41, 5.74) is -2.17. The van der Waals surface area contributed by atoms with Crippen molar-refractivity contribution in [1.82, 2.24) is 19.3 Å². The molecule has 0 atom stereocenters. The van der Waals surface area contributed by atoms with Crippen molar-refractivity contribution in [2.45, 2.75) is 19.6 Å². The Hall–Kier alpha value is -3.76. The van der Waals surface area contributed by atoms with Gasteiger partial charge in [0, 0.05) is 24.4 Å². The number of aromatic hydroxyl groups is 1. The number of carbonyl (C=O) groups excluding carboxylic acids is 1. The number of amides is 1. The fraction of sp³-hybridized carbons (Fsp3) is 0.211. The van der Waals surface area contributed by atoms with Gasteiger partial charge in [-0.25, -0.2) is 22.8 Å². The first-order valence-corrected chi connectivity index (χ1v) is 8.71. The Morgan fingerprint density at radius 1 is 1.17 bits per heavy atom. The first kappa shape index (κ1) is 21.0. The average Bonchev–Trinajstić information content (AvgIpc) is 3.03. The van der Waals surface area contributed by atoms with Gasteiger partial charge in [-0.15, -0.1) is 0 Å². The number of halogens is 3. The van der Waals surface area contributed by atoms with E-state index in [1.54, 1.807) is 12.2 Å². The summed E-state index contributed by atoms with van der Waals surface area (Å²) in [6.45, 7) is 0.285. The van der Waals surface area contributed by atoms with Gasteiger partial charge in [0.05, 0.1) is 20.3 Å². The lowest BCUT2D eigenvalue weighted by molar-refractivity contribution is 0.0948. The molecular formula is C19H17F3N4O4. The van der Waals surface area contributed by atoms with Crippen LogP contribution in [-0.4, -0.2) is 32.2 Å². The Morgan fingerprint density at radius 2 is 1.87 bits per heavy atom. The van der Waals surface area contributed by atoms with E-state index in [1.807, 2.05) is 0 Å². The molecule has 0 spiro atoms. The average molecular weight is 422 g/mol. The smallest absolute Gasteiger partial charge is 0.296 e. The molecule has 1 aromatic carbocycles. The van der Waals surface area contributed by atoms with E-state index in [1.165, 1.54) is 20.1 Å². The Balaban J connectivity index is 0.00000124. The summed E-state index contributed by atoms with van der Waals surface area (Å²) >= 11 is 0. The van der Waals surface area contributed by atoms with Crippen molar-refractivity contribution >= 4 is 11.4 Å². The number of carbonyl (C=O) groups is 1. The Kier molecular flexibility index (Phi) is 5.81. The Morgan fingerprint density at radius 3 is 2.57 bits per heavy atom. The highest BCUT2D eigenvalue weighted by Crippen LogP contribution is 2.14. The molecule has 0 saturated heterocycles. The molecule has 1 aliphatic rings. The zero-order chi connectivity index (χ0) is 22.0. The third kappa shape index (κ3) is 3.49. The van der Waals surface area contributed by atoms with Gasteiger partial charge in [-0.2, -0.15) is 0 Å². The predicted molar refractivity (Wildman–Crippen MR) is 101 cm³/mol. The van der Waals surface area contributed by atoms with Crippen LogP contribution in [0.25, 0.3) is 5.52 Å². The first-order chi connectivity index (χ1) is 14.4. The summed E-state index contributed by atoms with van der Waals surface area (Å²) < 4.78 is 38.7. The maximum absolute atomic E-state index is 13.7. The molecule has 0 bridgehead atoms. The van der Waals surface area contributed by atoms with E-state index in [4.69, 9.17) is 0 Å². The molecule has 1 aliphatic heterocycles. The number of hydrogen-bond donors (Lipinski definition) is 2. The zero-order valence-corrected chi connectivity index (χ0v) is 15.7. The normalized spacial score (nSPS) is 12.3. The second kappa shape index (κ2) is 8.31. The molecule has 3 heterocycles.